The van der Waals surface area contributed by atoms with Crippen molar-refractivity contribution in [1.29, 1.82) is 0 Å². The quantitative estimate of drug-likeness (QED) is 0.185. The third kappa shape index (κ3) is 5.26. The van der Waals surface area contributed by atoms with Gasteiger partial charge in [0, 0.05) is 53.1 Å². The number of carbonyl (C=O) groups is 2. The van der Waals surface area contributed by atoms with E-state index in [1.807, 2.05) is 18.4 Å². The van der Waals surface area contributed by atoms with Gasteiger partial charge in [-0.05, 0) is 85.6 Å². The molecule has 4 heterocycles. The number of fused-ring (bicyclic) bond motifs is 6. The molecule has 2 N–H and O–H groups in total. The van der Waals surface area contributed by atoms with E-state index in [0.717, 1.165) is 30.3 Å². The first-order chi connectivity index (χ1) is 22.9. The van der Waals surface area contributed by atoms with Gasteiger partial charge in [-0.25, -0.2) is 26.3 Å². The first kappa shape index (κ1) is 31.1. The lowest BCUT2D eigenvalue weighted by Crippen LogP contribution is -2.37. The maximum atomic E-state index is 14.0. The van der Waals surface area contributed by atoms with Crippen molar-refractivity contribution in [3.05, 3.63) is 119 Å². The predicted octanol–water partition coefficient (Wildman–Crippen LogP) is 8.06. The number of hydrogen-bond acceptors (Lipinski definition) is 2. The van der Waals surface area contributed by atoms with E-state index in [2.05, 4.69) is 10.6 Å². The Bertz CT molecular complexity index is 2290. The first-order valence-electron chi connectivity index (χ1n) is 15.1. The van der Waals surface area contributed by atoms with Crippen LogP contribution in [0.2, 0.25) is 0 Å². The smallest absolute Gasteiger partial charge is 0.268 e. The van der Waals surface area contributed by atoms with E-state index >= 15 is 0 Å². The van der Waals surface area contributed by atoms with Crippen molar-refractivity contribution in [3.8, 4) is 22.3 Å². The highest BCUT2D eigenvalue weighted by Gasteiger charge is 2.28. The zero-order valence-electron chi connectivity index (χ0n) is 25.5. The first-order valence-corrected chi connectivity index (χ1v) is 15.1. The molecule has 8 rings (SSSR count). The summed E-state index contributed by atoms with van der Waals surface area (Å²) in [5.41, 5.74) is 3.45. The second-order valence-corrected chi connectivity index (χ2v) is 12.0. The van der Waals surface area contributed by atoms with Crippen LogP contribution in [0, 0.1) is 34.9 Å². The molecule has 0 radical (unpaired) electrons. The van der Waals surface area contributed by atoms with E-state index in [-0.39, 0.29) is 29.5 Å². The van der Waals surface area contributed by atoms with Crippen molar-refractivity contribution in [2.45, 2.75) is 25.9 Å². The lowest BCUT2D eigenvalue weighted by atomic mass is 10.0. The van der Waals surface area contributed by atoms with E-state index in [9.17, 15) is 35.9 Å². The van der Waals surface area contributed by atoms with Crippen LogP contribution >= 0.6 is 0 Å². The summed E-state index contributed by atoms with van der Waals surface area (Å²) in [5.74, 6) is -4.95. The molecule has 0 fully saturated rings. The van der Waals surface area contributed by atoms with E-state index in [1.54, 1.807) is 16.7 Å². The Kier molecular flexibility index (Phi) is 7.53. The Hall–Kier alpha value is -5.52. The number of nitrogens with zero attached hydrogens (tertiary/aromatic N) is 2. The van der Waals surface area contributed by atoms with E-state index in [0.29, 0.717) is 63.0 Å². The second kappa shape index (κ2) is 11.6. The van der Waals surface area contributed by atoms with Gasteiger partial charge in [0.1, 0.15) is 34.7 Å². The highest BCUT2D eigenvalue weighted by atomic mass is 19.2. The molecular formula is C36H26F6N4O2. The zero-order chi connectivity index (χ0) is 34.0. The minimum absolute atomic E-state index is 0.0373. The molecule has 0 aliphatic carbocycles. The molecule has 0 bridgehead atoms. The summed E-state index contributed by atoms with van der Waals surface area (Å²) in [7, 11) is 0. The molecule has 0 spiro atoms. The maximum Gasteiger partial charge on any atom is 0.268 e. The van der Waals surface area contributed by atoms with Gasteiger partial charge in [0.25, 0.3) is 11.8 Å². The molecule has 12 heteroatoms. The molecule has 2 aliphatic rings. The van der Waals surface area contributed by atoms with Crippen LogP contribution in [-0.4, -0.2) is 34.0 Å². The highest BCUT2D eigenvalue weighted by Crippen LogP contribution is 2.37. The number of halogens is 6. The van der Waals surface area contributed by atoms with Gasteiger partial charge in [0.15, 0.2) is 11.6 Å². The molecule has 0 saturated carbocycles. The Balaban J connectivity index is 0.000000152. The largest absolute Gasteiger partial charge is 0.349 e. The van der Waals surface area contributed by atoms with Gasteiger partial charge in [0.2, 0.25) is 0 Å². The summed E-state index contributed by atoms with van der Waals surface area (Å²) < 4.78 is 85.8. The van der Waals surface area contributed by atoms with Crippen LogP contribution in [0.25, 0.3) is 44.1 Å². The molecule has 48 heavy (non-hydrogen) atoms. The van der Waals surface area contributed by atoms with Gasteiger partial charge in [-0.2, -0.15) is 0 Å². The molecule has 2 aromatic heterocycles. The van der Waals surface area contributed by atoms with Gasteiger partial charge in [0.05, 0.1) is 11.0 Å². The summed E-state index contributed by atoms with van der Waals surface area (Å²) in [5, 5.41) is 6.62. The van der Waals surface area contributed by atoms with Crippen LogP contribution in [0.3, 0.4) is 0 Å². The molecule has 0 saturated heterocycles. The van der Waals surface area contributed by atoms with Crippen LogP contribution < -0.4 is 10.6 Å². The molecule has 2 aliphatic heterocycles. The third-order valence-corrected chi connectivity index (χ3v) is 8.66. The van der Waals surface area contributed by atoms with Gasteiger partial charge < -0.3 is 19.8 Å². The molecule has 4 aromatic carbocycles. The van der Waals surface area contributed by atoms with Crippen molar-refractivity contribution in [2.75, 3.05) is 13.1 Å². The highest BCUT2D eigenvalue weighted by molar-refractivity contribution is 6.05. The fourth-order valence-corrected chi connectivity index (χ4v) is 6.60. The topological polar surface area (TPSA) is 68.1 Å². The summed E-state index contributed by atoms with van der Waals surface area (Å²) in [6.07, 6.45) is 0. The van der Waals surface area contributed by atoms with Crippen LogP contribution in [-0.2, 0) is 0 Å². The number of aromatic nitrogens is 2. The molecule has 6 nitrogen and oxygen atoms in total. The monoisotopic (exact) mass is 660 g/mol. The molecule has 2 amide bonds. The fraction of sp³-hybridized carbons (Fsp3) is 0.167. The molecule has 6 aromatic rings. The lowest BCUT2D eigenvalue weighted by molar-refractivity contribution is 0.0911. The van der Waals surface area contributed by atoms with Crippen molar-refractivity contribution < 1.29 is 35.9 Å². The van der Waals surface area contributed by atoms with Gasteiger partial charge >= 0.3 is 0 Å². The minimum Gasteiger partial charge on any atom is -0.349 e. The van der Waals surface area contributed by atoms with E-state index in [1.165, 1.54) is 30.3 Å². The normalized spacial score (nSPS) is 17.0. The van der Waals surface area contributed by atoms with Crippen LogP contribution in [0.15, 0.2) is 72.8 Å². The van der Waals surface area contributed by atoms with Crippen LogP contribution in [0.1, 0.15) is 46.9 Å². The zero-order valence-corrected chi connectivity index (χ0v) is 25.5. The van der Waals surface area contributed by atoms with Crippen LogP contribution in [0.5, 0.6) is 0 Å². The lowest BCUT2D eigenvalue weighted by Gasteiger charge is -2.25. The number of rotatable bonds is 2. The van der Waals surface area contributed by atoms with Gasteiger partial charge in [-0.15, -0.1) is 0 Å². The average Bonchev–Trinajstić information content (AvgIpc) is 3.62. The Morgan fingerprint density at radius 2 is 1.00 bits per heavy atom. The maximum absolute atomic E-state index is 14.0. The second-order valence-electron chi connectivity index (χ2n) is 12.0. The Labute approximate surface area is 269 Å². The number of nitrogens with one attached hydrogen (secondary N) is 2. The molecule has 244 valence electrons. The van der Waals surface area contributed by atoms with Crippen molar-refractivity contribution in [1.82, 2.24) is 19.8 Å². The van der Waals surface area contributed by atoms with E-state index in [4.69, 9.17) is 0 Å². The molecule has 0 unspecified atom stereocenters. The predicted molar refractivity (Wildman–Crippen MR) is 169 cm³/mol. The average molecular weight is 661 g/mol. The number of hydrogen-bond donors (Lipinski definition) is 2. The van der Waals surface area contributed by atoms with Gasteiger partial charge in [-0.3, -0.25) is 9.59 Å². The van der Waals surface area contributed by atoms with Crippen molar-refractivity contribution in [2.24, 2.45) is 0 Å². The Morgan fingerprint density at radius 3 is 1.48 bits per heavy atom. The summed E-state index contributed by atoms with van der Waals surface area (Å²) >= 11 is 0. The summed E-state index contributed by atoms with van der Waals surface area (Å²) in [6.45, 7) is 4.73. The number of amides is 2. The van der Waals surface area contributed by atoms with Gasteiger partial charge in [-0.1, -0.05) is 6.07 Å². The third-order valence-electron chi connectivity index (χ3n) is 8.66. The fourth-order valence-electron chi connectivity index (χ4n) is 6.60. The summed E-state index contributed by atoms with van der Waals surface area (Å²) in [4.78, 5) is 24.2. The standard InChI is InChI=1S/2C18H13F3N2O/c1-9-8-22-18(24)16-5-11-4-14(21)7-15(17(11)23(9)16)10-2-12(19)6-13(20)3-10;1-9-8-22-18(24)16-6-11-4-12(19)7-13(17(11)23(9)16)10-2-3-14(20)15(21)5-10/h2*2-7,9H,8H2,1H3,(H,22,24)/t2*9-/m11/s1. The molecule has 2 atom stereocenters. The number of benzene rings is 4. The minimum atomic E-state index is -0.999. The van der Waals surface area contributed by atoms with Crippen molar-refractivity contribution in [3.63, 3.8) is 0 Å². The Morgan fingerprint density at radius 1 is 0.542 bits per heavy atom. The molecular weight excluding hydrogens is 634 g/mol. The van der Waals surface area contributed by atoms with Crippen molar-refractivity contribution >= 4 is 33.6 Å². The van der Waals surface area contributed by atoms with E-state index < -0.39 is 34.9 Å². The number of carbonyl (C=O) groups excluding carboxylic acids is 2. The van der Waals surface area contributed by atoms with Crippen LogP contribution in [0.4, 0.5) is 26.3 Å². The SMILES string of the molecule is C[C@@H]1CNC(=O)c2cc3cc(F)cc(-c4cc(F)cc(F)c4)c3n21.C[C@@H]1CNC(=O)c2cc3cc(F)cc(-c4ccc(F)c(F)c4)c3n21. The summed E-state index contributed by atoms with van der Waals surface area (Å²) in [6, 6.07) is 14.8.